The Bertz CT molecular complexity index is 984. The Morgan fingerprint density at radius 1 is 0.545 bits per heavy atom. The Morgan fingerprint density at radius 2 is 1.05 bits per heavy atom. The molecule has 4 aromatic rings. The van der Waals surface area contributed by atoms with E-state index >= 15 is 0 Å². The molecule has 0 aliphatic rings. The summed E-state index contributed by atoms with van der Waals surface area (Å²) in [6.07, 6.45) is 0. The number of benzene rings is 4. The smallest absolute Gasteiger partial charge is 0.139 e. The molecule has 4 nitrogen and oxygen atoms in total. The zero-order valence-electron chi connectivity index (χ0n) is 11.7. The lowest BCUT2D eigenvalue weighted by atomic mass is 9.96. The van der Waals surface area contributed by atoms with E-state index in [-0.39, 0.29) is 11.5 Å². The molecule has 0 heterocycles. The van der Waals surface area contributed by atoms with E-state index in [0.717, 1.165) is 32.3 Å². The summed E-state index contributed by atoms with van der Waals surface area (Å²) < 4.78 is 0. The predicted octanol–water partition coefficient (Wildman–Crippen LogP) is 3.72. The van der Waals surface area contributed by atoms with Gasteiger partial charge < -0.3 is 21.7 Å². The van der Waals surface area contributed by atoms with Gasteiger partial charge in [-0.1, -0.05) is 24.3 Å². The minimum absolute atomic E-state index is 0.0744. The summed E-state index contributed by atoms with van der Waals surface area (Å²) in [6, 6.07) is 14.8. The van der Waals surface area contributed by atoms with E-state index in [2.05, 4.69) is 0 Å². The minimum Gasteiger partial charge on any atom is -0.506 e. The summed E-state index contributed by atoms with van der Waals surface area (Å²) in [7, 11) is 0. The van der Waals surface area contributed by atoms with Crippen LogP contribution in [0.2, 0.25) is 0 Å². The molecule has 0 aliphatic heterocycles. The van der Waals surface area contributed by atoms with Gasteiger partial charge in [-0.05, 0) is 56.6 Å². The molecular weight excluding hydrogens is 276 g/mol. The Hall–Kier alpha value is -3.14. The first-order chi connectivity index (χ1) is 10.5. The van der Waals surface area contributed by atoms with Gasteiger partial charge in [-0.25, -0.2) is 0 Å². The van der Waals surface area contributed by atoms with Crippen LogP contribution < -0.4 is 11.5 Å². The van der Waals surface area contributed by atoms with Crippen LogP contribution in [0.1, 0.15) is 0 Å². The molecule has 4 heteroatoms. The van der Waals surface area contributed by atoms with Gasteiger partial charge in [-0.15, -0.1) is 0 Å². The zero-order chi connectivity index (χ0) is 15.4. The average Bonchev–Trinajstić information content (AvgIpc) is 2.49. The zero-order valence-corrected chi connectivity index (χ0v) is 11.7. The van der Waals surface area contributed by atoms with Gasteiger partial charge in [0.1, 0.15) is 11.5 Å². The van der Waals surface area contributed by atoms with Crippen molar-refractivity contribution < 1.29 is 10.2 Å². The summed E-state index contributed by atoms with van der Waals surface area (Å²) in [6.45, 7) is 0. The van der Waals surface area contributed by atoms with Gasteiger partial charge in [-0.3, -0.25) is 0 Å². The maximum atomic E-state index is 9.89. The molecule has 0 saturated heterocycles. The molecule has 0 saturated carbocycles. The van der Waals surface area contributed by atoms with Crippen LogP contribution in [-0.2, 0) is 0 Å². The number of anilines is 2. The molecule has 108 valence electrons. The van der Waals surface area contributed by atoms with Crippen LogP contribution in [0, 0.1) is 0 Å². The molecule has 0 radical (unpaired) electrons. The topological polar surface area (TPSA) is 92.5 Å². The monoisotopic (exact) mass is 290 g/mol. The molecule has 0 aromatic heterocycles. The van der Waals surface area contributed by atoms with Gasteiger partial charge in [0.2, 0.25) is 0 Å². The fraction of sp³-hybridized carbons (Fsp3) is 0. The van der Waals surface area contributed by atoms with Crippen molar-refractivity contribution in [3.05, 3.63) is 48.5 Å². The van der Waals surface area contributed by atoms with E-state index in [0.29, 0.717) is 11.4 Å². The third-order valence-corrected chi connectivity index (χ3v) is 4.13. The highest BCUT2D eigenvalue weighted by molar-refractivity contribution is 6.18. The number of fused-ring (bicyclic) bond motifs is 5. The van der Waals surface area contributed by atoms with Gasteiger partial charge >= 0.3 is 0 Å². The number of hydrogen-bond donors (Lipinski definition) is 4. The molecule has 4 aromatic carbocycles. The molecule has 4 rings (SSSR count). The average molecular weight is 290 g/mol. The first-order valence-electron chi connectivity index (χ1n) is 6.91. The van der Waals surface area contributed by atoms with Crippen LogP contribution in [0.25, 0.3) is 32.3 Å². The molecule has 0 amide bonds. The fourth-order valence-corrected chi connectivity index (χ4v) is 2.98. The maximum Gasteiger partial charge on any atom is 0.139 e. The van der Waals surface area contributed by atoms with Crippen LogP contribution in [0.4, 0.5) is 11.4 Å². The summed E-state index contributed by atoms with van der Waals surface area (Å²) in [4.78, 5) is 0. The second-order valence-electron chi connectivity index (χ2n) is 5.49. The molecule has 0 bridgehead atoms. The molecule has 6 N–H and O–H groups in total. The van der Waals surface area contributed by atoms with Crippen molar-refractivity contribution in [2.45, 2.75) is 0 Å². The lowest BCUT2D eigenvalue weighted by Crippen LogP contribution is -1.88. The third-order valence-electron chi connectivity index (χ3n) is 4.13. The van der Waals surface area contributed by atoms with Crippen LogP contribution in [0.5, 0.6) is 11.5 Å². The van der Waals surface area contributed by atoms with Crippen molar-refractivity contribution in [1.82, 2.24) is 0 Å². The van der Waals surface area contributed by atoms with Crippen molar-refractivity contribution >= 4 is 43.7 Å². The molecule has 0 unspecified atom stereocenters. The lowest BCUT2D eigenvalue weighted by molar-refractivity contribution is 0.478. The first-order valence-corrected chi connectivity index (χ1v) is 6.91. The van der Waals surface area contributed by atoms with Gasteiger partial charge in [0.05, 0.1) is 11.4 Å². The SMILES string of the molecule is Nc1cc2c(ccc3c4cc(O)c(N)cc4ccc23)cc1O. The van der Waals surface area contributed by atoms with Crippen molar-refractivity contribution in [3.8, 4) is 11.5 Å². The van der Waals surface area contributed by atoms with Crippen LogP contribution in [0.3, 0.4) is 0 Å². The van der Waals surface area contributed by atoms with E-state index < -0.39 is 0 Å². The minimum atomic E-state index is 0.0744. The summed E-state index contributed by atoms with van der Waals surface area (Å²) >= 11 is 0. The normalized spacial score (nSPS) is 11.5. The van der Waals surface area contributed by atoms with E-state index in [1.165, 1.54) is 0 Å². The summed E-state index contributed by atoms with van der Waals surface area (Å²) in [5, 5.41) is 25.4. The molecule has 22 heavy (non-hydrogen) atoms. The highest BCUT2D eigenvalue weighted by Gasteiger charge is 2.09. The van der Waals surface area contributed by atoms with Gasteiger partial charge in [0.25, 0.3) is 0 Å². The third kappa shape index (κ3) is 1.64. The van der Waals surface area contributed by atoms with Crippen LogP contribution in [0.15, 0.2) is 48.5 Å². The number of rotatable bonds is 0. The Morgan fingerprint density at radius 3 is 1.73 bits per heavy atom. The molecule has 0 atom stereocenters. The summed E-state index contributed by atoms with van der Waals surface area (Å²) in [5.74, 6) is 0.156. The number of hydrogen-bond acceptors (Lipinski definition) is 4. The standard InChI is InChI=1S/C18H14N2O2/c19-15-5-9-1-3-11-12(14(9)8-18(15)22)4-2-10-6-17(21)16(20)7-13(10)11/h1-8,21-22H,19-20H2. The second kappa shape index (κ2) is 4.18. The van der Waals surface area contributed by atoms with E-state index in [1.807, 2.05) is 24.3 Å². The van der Waals surface area contributed by atoms with Crippen molar-refractivity contribution in [2.24, 2.45) is 0 Å². The molecule has 0 aliphatic carbocycles. The fourth-order valence-electron chi connectivity index (χ4n) is 2.98. The molecule has 0 fully saturated rings. The number of phenols is 2. The molecule has 0 spiro atoms. The van der Waals surface area contributed by atoms with Crippen LogP contribution in [-0.4, -0.2) is 10.2 Å². The lowest BCUT2D eigenvalue weighted by Gasteiger charge is -2.10. The van der Waals surface area contributed by atoms with Gasteiger partial charge in [0, 0.05) is 0 Å². The highest BCUT2D eigenvalue weighted by Crippen LogP contribution is 2.37. The number of phenolic OH excluding ortho intramolecular Hbond substituents is 2. The quantitative estimate of drug-likeness (QED) is 0.225. The van der Waals surface area contributed by atoms with Gasteiger partial charge in [-0.2, -0.15) is 0 Å². The van der Waals surface area contributed by atoms with E-state index in [9.17, 15) is 10.2 Å². The van der Waals surface area contributed by atoms with Crippen LogP contribution >= 0.6 is 0 Å². The number of nitrogen functional groups attached to an aromatic ring is 2. The van der Waals surface area contributed by atoms with Crippen molar-refractivity contribution in [3.63, 3.8) is 0 Å². The highest BCUT2D eigenvalue weighted by atomic mass is 16.3. The van der Waals surface area contributed by atoms with Crippen molar-refractivity contribution in [2.75, 3.05) is 11.5 Å². The Balaban J connectivity index is 2.21. The first kappa shape index (κ1) is 12.6. The van der Waals surface area contributed by atoms with E-state index in [1.54, 1.807) is 24.3 Å². The predicted molar refractivity (Wildman–Crippen MR) is 91.1 cm³/mol. The maximum absolute atomic E-state index is 9.89. The number of nitrogens with two attached hydrogens (primary N) is 2. The largest absolute Gasteiger partial charge is 0.506 e. The Labute approximate surface area is 126 Å². The number of aromatic hydroxyl groups is 2. The molecular formula is C18H14N2O2. The van der Waals surface area contributed by atoms with E-state index in [4.69, 9.17) is 11.5 Å². The Kier molecular flexibility index (Phi) is 2.39. The van der Waals surface area contributed by atoms with Crippen molar-refractivity contribution in [1.29, 1.82) is 0 Å². The van der Waals surface area contributed by atoms with Gasteiger partial charge in [0.15, 0.2) is 0 Å². The summed E-state index contributed by atoms with van der Waals surface area (Å²) in [5.41, 5.74) is 12.3. The second-order valence-corrected chi connectivity index (χ2v) is 5.49.